The minimum Gasteiger partial charge on any atom is -0.324 e. The summed E-state index contributed by atoms with van der Waals surface area (Å²) >= 11 is 0. The summed E-state index contributed by atoms with van der Waals surface area (Å²) in [5, 5.41) is 4.09. The van der Waals surface area contributed by atoms with Crippen molar-refractivity contribution >= 4 is 37.9 Å². The van der Waals surface area contributed by atoms with Gasteiger partial charge in [0.2, 0.25) is 5.95 Å². The molecule has 4 rings (SSSR count). The largest absolute Gasteiger partial charge is 0.324 e. The number of hydrogen-bond acceptors (Lipinski definition) is 6. The quantitative estimate of drug-likeness (QED) is 0.732. The van der Waals surface area contributed by atoms with Crippen LogP contribution in [0.2, 0.25) is 0 Å². The zero-order valence-electron chi connectivity index (χ0n) is 15.0. The van der Waals surface area contributed by atoms with E-state index in [1.54, 1.807) is 36.7 Å². The third-order valence-electron chi connectivity index (χ3n) is 4.63. The number of nitrogens with zero attached hydrogens (tertiary/aromatic N) is 3. The van der Waals surface area contributed by atoms with Crippen LogP contribution in [0.4, 0.5) is 11.6 Å². The van der Waals surface area contributed by atoms with Gasteiger partial charge in [0.25, 0.3) is 0 Å². The predicted octanol–water partition coefficient (Wildman–Crippen LogP) is 4.13. The molecule has 0 unspecified atom stereocenters. The normalized spacial score (nSPS) is 14.8. The van der Waals surface area contributed by atoms with E-state index in [2.05, 4.69) is 26.3 Å². The SMILES string of the molecule is CS(=O)(=O)c1ccc(Nc2ncc3ccnc(C4=CCCCC4)c3n2)cc1. The lowest BCUT2D eigenvalue weighted by molar-refractivity contribution is 0.602. The lowest BCUT2D eigenvalue weighted by atomic mass is 9.96. The maximum Gasteiger partial charge on any atom is 0.227 e. The highest BCUT2D eigenvalue weighted by Crippen LogP contribution is 2.30. The number of hydrogen-bond donors (Lipinski definition) is 1. The van der Waals surface area contributed by atoms with E-state index in [0.717, 1.165) is 35.1 Å². The number of benzene rings is 1. The Labute approximate surface area is 158 Å². The summed E-state index contributed by atoms with van der Waals surface area (Å²) < 4.78 is 23.2. The molecule has 0 radical (unpaired) electrons. The average Bonchev–Trinajstić information content (AvgIpc) is 2.68. The number of rotatable bonds is 4. The Balaban J connectivity index is 1.68. The van der Waals surface area contributed by atoms with E-state index in [4.69, 9.17) is 0 Å². The molecule has 1 aromatic carbocycles. The van der Waals surface area contributed by atoms with Gasteiger partial charge >= 0.3 is 0 Å². The Morgan fingerprint density at radius 3 is 2.56 bits per heavy atom. The molecule has 2 aromatic heterocycles. The molecule has 0 spiro atoms. The monoisotopic (exact) mass is 380 g/mol. The third kappa shape index (κ3) is 3.83. The Kier molecular flexibility index (Phi) is 4.61. The van der Waals surface area contributed by atoms with Crippen LogP contribution >= 0.6 is 0 Å². The van der Waals surface area contributed by atoms with Gasteiger partial charge in [-0.15, -0.1) is 0 Å². The summed E-state index contributed by atoms with van der Waals surface area (Å²) in [6.45, 7) is 0. The second-order valence-electron chi connectivity index (χ2n) is 6.69. The van der Waals surface area contributed by atoms with E-state index in [0.29, 0.717) is 5.95 Å². The van der Waals surface area contributed by atoms with Crippen molar-refractivity contribution in [2.24, 2.45) is 0 Å². The van der Waals surface area contributed by atoms with Gasteiger partial charge in [-0.1, -0.05) is 6.08 Å². The first-order chi connectivity index (χ1) is 13.0. The minimum atomic E-state index is -3.21. The summed E-state index contributed by atoms with van der Waals surface area (Å²) in [5.41, 5.74) is 3.72. The van der Waals surface area contributed by atoms with Gasteiger partial charge in [-0.3, -0.25) is 4.98 Å². The lowest BCUT2D eigenvalue weighted by Gasteiger charge is -2.14. The van der Waals surface area contributed by atoms with Crippen molar-refractivity contribution in [3.63, 3.8) is 0 Å². The maximum atomic E-state index is 11.6. The summed E-state index contributed by atoms with van der Waals surface area (Å²) in [5.74, 6) is 0.459. The van der Waals surface area contributed by atoms with Crippen LogP contribution in [-0.2, 0) is 9.84 Å². The number of anilines is 2. The van der Waals surface area contributed by atoms with Crippen LogP contribution in [0.3, 0.4) is 0 Å². The molecule has 3 aromatic rings. The van der Waals surface area contributed by atoms with Crippen LogP contribution in [0.15, 0.2) is 53.7 Å². The fraction of sp³-hybridized carbons (Fsp3) is 0.250. The zero-order chi connectivity index (χ0) is 18.9. The number of fused-ring (bicyclic) bond motifs is 1. The summed E-state index contributed by atoms with van der Waals surface area (Å²) in [6.07, 6.45) is 11.5. The van der Waals surface area contributed by atoms with E-state index >= 15 is 0 Å². The van der Waals surface area contributed by atoms with E-state index < -0.39 is 9.84 Å². The lowest BCUT2D eigenvalue weighted by Crippen LogP contribution is -2.02. The first kappa shape index (κ1) is 17.6. The Hall–Kier alpha value is -2.80. The smallest absolute Gasteiger partial charge is 0.227 e. The molecule has 0 atom stereocenters. The molecule has 6 nitrogen and oxygen atoms in total. The first-order valence-electron chi connectivity index (χ1n) is 8.89. The van der Waals surface area contributed by atoms with Crippen molar-refractivity contribution in [2.75, 3.05) is 11.6 Å². The van der Waals surface area contributed by atoms with Crippen LogP contribution in [0, 0.1) is 0 Å². The van der Waals surface area contributed by atoms with Crippen molar-refractivity contribution in [3.05, 3.63) is 54.5 Å². The van der Waals surface area contributed by atoms with Gasteiger partial charge in [0.05, 0.1) is 10.6 Å². The van der Waals surface area contributed by atoms with E-state index in [9.17, 15) is 8.42 Å². The number of sulfone groups is 1. The van der Waals surface area contributed by atoms with Crippen molar-refractivity contribution in [1.29, 1.82) is 0 Å². The van der Waals surface area contributed by atoms with Crippen LogP contribution < -0.4 is 5.32 Å². The molecule has 7 heteroatoms. The fourth-order valence-corrected chi connectivity index (χ4v) is 3.85. The van der Waals surface area contributed by atoms with Crippen LogP contribution in [0.25, 0.3) is 16.5 Å². The van der Waals surface area contributed by atoms with Gasteiger partial charge in [-0.25, -0.2) is 18.4 Å². The standard InChI is InChI=1S/C20H20N4O2S/c1-27(25,26)17-9-7-16(8-10-17)23-20-22-13-15-11-12-21-18(19(15)24-20)14-5-3-2-4-6-14/h5,7-13H,2-4,6H2,1H3,(H,22,23,24). The van der Waals surface area contributed by atoms with Crippen molar-refractivity contribution in [2.45, 2.75) is 30.6 Å². The third-order valence-corrected chi connectivity index (χ3v) is 5.76. The van der Waals surface area contributed by atoms with Gasteiger partial charge in [0.15, 0.2) is 9.84 Å². The summed E-state index contributed by atoms with van der Waals surface area (Å²) in [7, 11) is -3.21. The van der Waals surface area contributed by atoms with E-state index in [1.165, 1.54) is 24.7 Å². The molecule has 1 aliphatic rings. The molecule has 138 valence electrons. The predicted molar refractivity (Wildman–Crippen MR) is 107 cm³/mol. The highest BCUT2D eigenvalue weighted by Gasteiger charge is 2.13. The molecule has 1 N–H and O–H groups in total. The molecule has 2 heterocycles. The molecule has 0 fully saturated rings. The summed E-state index contributed by atoms with van der Waals surface area (Å²) in [6, 6.07) is 8.46. The average molecular weight is 380 g/mol. The van der Waals surface area contributed by atoms with Crippen LogP contribution in [0.1, 0.15) is 31.4 Å². The van der Waals surface area contributed by atoms with Crippen LogP contribution in [-0.4, -0.2) is 29.6 Å². The number of allylic oxidation sites excluding steroid dienone is 2. The molecule has 1 aliphatic carbocycles. The second kappa shape index (κ2) is 7.08. The first-order valence-corrected chi connectivity index (χ1v) is 10.8. The molecule has 0 saturated carbocycles. The molecule has 0 amide bonds. The number of pyridine rings is 1. The number of nitrogens with one attached hydrogen (secondary N) is 1. The summed E-state index contributed by atoms with van der Waals surface area (Å²) in [4.78, 5) is 13.9. The highest BCUT2D eigenvalue weighted by molar-refractivity contribution is 7.90. The van der Waals surface area contributed by atoms with Crippen molar-refractivity contribution in [1.82, 2.24) is 15.0 Å². The molecular weight excluding hydrogens is 360 g/mol. The maximum absolute atomic E-state index is 11.6. The van der Waals surface area contributed by atoms with Gasteiger partial charge in [-0.2, -0.15) is 0 Å². The molecule has 0 aliphatic heterocycles. The van der Waals surface area contributed by atoms with Crippen LogP contribution in [0.5, 0.6) is 0 Å². The molecule has 0 bridgehead atoms. The van der Waals surface area contributed by atoms with Gasteiger partial charge in [0, 0.05) is 29.7 Å². The van der Waals surface area contributed by atoms with Crippen molar-refractivity contribution in [3.8, 4) is 0 Å². The van der Waals surface area contributed by atoms with E-state index in [1.807, 2.05) is 6.07 Å². The van der Waals surface area contributed by atoms with Gasteiger partial charge < -0.3 is 5.32 Å². The van der Waals surface area contributed by atoms with Crippen molar-refractivity contribution < 1.29 is 8.42 Å². The highest BCUT2D eigenvalue weighted by atomic mass is 32.2. The van der Waals surface area contributed by atoms with Gasteiger partial charge in [-0.05, 0) is 61.6 Å². The van der Waals surface area contributed by atoms with Gasteiger partial charge in [0.1, 0.15) is 5.52 Å². The number of aromatic nitrogens is 3. The molecular formula is C20H20N4O2S. The zero-order valence-corrected chi connectivity index (χ0v) is 15.8. The topological polar surface area (TPSA) is 84.8 Å². The second-order valence-corrected chi connectivity index (χ2v) is 8.70. The molecule has 27 heavy (non-hydrogen) atoms. The Morgan fingerprint density at radius 1 is 1.04 bits per heavy atom. The van der Waals surface area contributed by atoms with E-state index in [-0.39, 0.29) is 4.90 Å². The minimum absolute atomic E-state index is 0.281. The fourth-order valence-electron chi connectivity index (χ4n) is 3.22. The Morgan fingerprint density at radius 2 is 1.85 bits per heavy atom. The molecule has 0 saturated heterocycles. The Bertz CT molecular complexity index is 1120.